The Bertz CT molecular complexity index is 640. The van der Waals surface area contributed by atoms with Crippen molar-refractivity contribution in [3.63, 3.8) is 0 Å². The molecule has 22 heavy (non-hydrogen) atoms. The summed E-state index contributed by atoms with van der Waals surface area (Å²) in [6.07, 6.45) is 3.10. The second-order valence-corrected chi connectivity index (χ2v) is 6.27. The SMILES string of the molecule is CCCCc1nnc(NC(=O)COc2cc(C)ccc2C)s1. The summed E-state index contributed by atoms with van der Waals surface area (Å²) in [7, 11) is 0. The van der Waals surface area contributed by atoms with E-state index in [9.17, 15) is 4.79 Å². The molecular weight excluding hydrogens is 298 g/mol. The van der Waals surface area contributed by atoms with Crippen LogP contribution in [0.15, 0.2) is 18.2 Å². The van der Waals surface area contributed by atoms with Gasteiger partial charge in [-0.25, -0.2) is 0 Å². The molecule has 0 atom stereocenters. The Labute approximate surface area is 134 Å². The Hall–Kier alpha value is -1.95. The van der Waals surface area contributed by atoms with Crippen LogP contribution in [0.4, 0.5) is 5.13 Å². The predicted molar refractivity (Wildman–Crippen MR) is 88.6 cm³/mol. The normalized spacial score (nSPS) is 10.5. The minimum atomic E-state index is -0.223. The van der Waals surface area contributed by atoms with Gasteiger partial charge in [-0.05, 0) is 37.5 Å². The summed E-state index contributed by atoms with van der Waals surface area (Å²) in [5, 5.41) is 12.2. The number of amides is 1. The number of nitrogens with zero attached hydrogens (tertiary/aromatic N) is 2. The number of anilines is 1. The molecule has 0 aliphatic carbocycles. The molecule has 2 rings (SSSR count). The maximum atomic E-state index is 11.9. The van der Waals surface area contributed by atoms with E-state index in [1.54, 1.807) is 0 Å². The zero-order valence-electron chi connectivity index (χ0n) is 13.2. The molecule has 0 saturated carbocycles. The first-order valence-electron chi connectivity index (χ1n) is 7.40. The summed E-state index contributed by atoms with van der Waals surface area (Å²) >= 11 is 1.42. The van der Waals surface area contributed by atoms with Crippen molar-refractivity contribution in [3.05, 3.63) is 34.3 Å². The first kappa shape index (κ1) is 16.4. The molecule has 0 fully saturated rings. The molecule has 1 aromatic heterocycles. The van der Waals surface area contributed by atoms with Gasteiger partial charge in [-0.1, -0.05) is 36.8 Å². The van der Waals surface area contributed by atoms with Gasteiger partial charge in [-0.3, -0.25) is 10.1 Å². The van der Waals surface area contributed by atoms with Gasteiger partial charge < -0.3 is 4.74 Å². The number of ether oxygens (including phenoxy) is 1. The number of carbonyl (C=O) groups excluding carboxylic acids is 1. The van der Waals surface area contributed by atoms with E-state index >= 15 is 0 Å². The van der Waals surface area contributed by atoms with E-state index in [1.807, 2.05) is 32.0 Å². The Kier molecular flexibility index (Phi) is 5.89. The number of unbranched alkanes of at least 4 members (excludes halogenated alkanes) is 1. The molecule has 6 heteroatoms. The molecule has 1 amide bonds. The van der Waals surface area contributed by atoms with Gasteiger partial charge in [0.2, 0.25) is 5.13 Å². The van der Waals surface area contributed by atoms with Gasteiger partial charge in [0.1, 0.15) is 10.8 Å². The van der Waals surface area contributed by atoms with Crippen LogP contribution in [0.2, 0.25) is 0 Å². The van der Waals surface area contributed by atoms with Crippen molar-refractivity contribution in [2.45, 2.75) is 40.0 Å². The van der Waals surface area contributed by atoms with E-state index in [0.717, 1.165) is 41.1 Å². The van der Waals surface area contributed by atoms with Gasteiger partial charge in [0.15, 0.2) is 6.61 Å². The number of hydrogen-bond acceptors (Lipinski definition) is 5. The molecule has 0 unspecified atom stereocenters. The zero-order valence-corrected chi connectivity index (χ0v) is 14.0. The zero-order chi connectivity index (χ0) is 15.9. The van der Waals surface area contributed by atoms with E-state index in [-0.39, 0.29) is 12.5 Å². The first-order chi connectivity index (χ1) is 10.6. The minimum absolute atomic E-state index is 0.0336. The van der Waals surface area contributed by atoms with Crippen LogP contribution in [-0.2, 0) is 11.2 Å². The molecule has 5 nitrogen and oxygen atoms in total. The number of carbonyl (C=O) groups is 1. The summed E-state index contributed by atoms with van der Waals surface area (Å²) < 4.78 is 5.57. The van der Waals surface area contributed by atoms with Crippen molar-refractivity contribution in [3.8, 4) is 5.75 Å². The molecule has 1 N–H and O–H groups in total. The molecule has 0 spiro atoms. The minimum Gasteiger partial charge on any atom is -0.483 e. The third-order valence-corrected chi connectivity index (χ3v) is 4.06. The summed E-state index contributed by atoms with van der Waals surface area (Å²) in [6, 6.07) is 5.92. The Morgan fingerprint density at radius 3 is 2.91 bits per heavy atom. The van der Waals surface area contributed by atoms with Crippen LogP contribution in [0.3, 0.4) is 0 Å². The largest absolute Gasteiger partial charge is 0.483 e. The molecule has 0 bridgehead atoms. The Morgan fingerprint density at radius 1 is 1.32 bits per heavy atom. The van der Waals surface area contributed by atoms with Gasteiger partial charge in [0.05, 0.1) is 0 Å². The van der Waals surface area contributed by atoms with Crippen molar-refractivity contribution in [1.29, 1.82) is 0 Å². The number of aryl methyl sites for hydroxylation is 3. The van der Waals surface area contributed by atoms with Gasteiger partial charge in [0, 0.05) is 6.42 Å². The predicted octanol–water partition coefficient (Wildman–Crippen LogP) is 3.52. The molecule has 2 aromatic rings. The highest BCUT2D eigenvalue weighted by Gasteiger charge is 2.09. The highest BCUT2D eigenvalue weighted by molar-refractivity contribution is 7.15. The van der Waals surface area contributed by atoms with Crippen molar-refractivity contribution in [2.24, 2.45) is 0 Å². The highest BCUT2D eigenvalue weighted by Crippen LogP contribution is 2.20. The van der Waals surface area contributed by atoms with E-state index in [4.69, 9.17) is 4.74 Å². The lowest BCUT2D eigenvalue weighted by molar-refractivity contribution is -0.118. The average molecular weight is 319 g/mol. The van der Waals surface area contributed by atoms with Gasteiger partial charge in [-0.2, -0.15) is 0 Å². The molecule has 0 aliphatic heterocycles. The van der Waals surface area contributed by atoms with Crippen LogP contribution in [-0.4, -0.2) is 22.7 Å². The monoisotopic (exact) mass is 319 g/mol. The second kappa shape index (κ2) is 7.89. The fourth-order valence-corrected chi connectivity index (χ4v) is 2.69. The van der Waals surface area contributed by atoms with E-state index in [0.29, 0.717) is 5.13 Å². The van der Waals surface area contributed by atoms with Gasteiger partial charge in [0.25, 0.3) is 5.91 Å². The summed E-state index contributed by atoms with van der Waals surface area (Å²) in [4.78, 5) is 11.9. The summed E-state index contributed by atoms with van der Waals surface area (Å²) in [6.45, 7) is 6.05. The maximum absolute atomic E-state index is 11.9. The van der Waals surface area contributed by atoms with Crippen LogP contribution in [0.1, 0.15) is 35.9 Å². The molecule has 0 radical (unpaired) electrons. The van der Waals surface area contributed by atoms with Crippen molar-refractivity contribution < 1.29 is 9.53 Å². The lowest BCUT2D eigenvalue weighted by Crippen LogP contribution is -2.20. The molecule has 1 heterocycles. The lowest BCUT2D eigenvalue weighted by Gasteiger charge is -2.09. The van der Waals surface area contributed by atoms with Crippen LogP contribution in [0.5, 0.6) is 5.75 Å². The van der Waals surface area contributed by atoms with E-state index < -0.39 is 0 Å². The second-order valence-electron chi connectivity index (χ2n) is 5.21. The van der Waals surface area contributed by atoms with Crippen LogP contribution in [0, 0.1) is 13.8 Å². The fourth-order valence-electron chi connectivity index (χ4n) is 1.89. The first-order valence-corrected chi connectivity index (χ1v) is 8.22. The quantitative estimate of drug-likeness (QED) is 0.848. The van der Waals surface area contributed by atoms with Crippen molar-refractivity contribution in [1.82, 2.24) is 10.2 Å². The Morgan fingerprint density at radius 2 is 2.14 bits per heavy atom. The lowest BCUT2D eigenvalue weighted by atomic mass is 10.1. The van der Waals surface area contributed by atoms with E-state index in [2.05, 4.69) is 22.4 Å². The number of hydrogen-bond donors (Lipinski definition) is 1. The smallest absolute Gasteiger partial charge is 0.264 e. The van der Waals surface area contributed by atoms with Crippen molar-refractivity contribution in [2.75, 3.05) is 11.9 Å². The molecule has 1 aromatic carbocycles. The van der Waals surface area contributed by atoms with Crippen LogP contribution < -0.4 is 10.1 Å². The van der Waals surface area contributed by atoms with Gasteiger partial charge in [-0.15, -0.1) is 10.2 Å². The molecular formula is C16H21N3O2S. The number of nitrogens with one attached hydrogen (secondary N) is 1. The number of aromatic nitrogens is 2. The van der Waals surface area contributed by atoms with Crippen LogP contribution >= 0.6 is 11.3 Å². The standard InChI is InChI=1S/C16H21N3O2S/c1-4-5-6-15-18-19-16(22-15)17-14(20)10-21-13-9-11(2)7-8-12(13)3/h7-9H,4-6,10H2,1-3H3,(H,17,19,20). The topological polar surface area (TPSA) is 64.1 Å². The molecule has 0 aliphatic rings. The summed E-state index contributed by atoms with van der Waals surface area (Å²) in [5.74, 6) is 0.509. The Balaban J connectivity index is 1.85. The number of benzene rings is 1. The van der Waals surface area contributed by atoms with Crippen molar-refractivity contribution >= 4 is 22.4 Å². The maximum Gasteiger partial charge on any atom is 0.264 e. The highest BCUT2D eigenvalue weighted by atomic mass is 32.1. The van der Waals surface area contributed by atoms with Crippen LogP contribution in [0.25, 0.3) is 0 Å². The van der Waals surface area contributed by atoms with E-state index in [1.165, 1.54) is 11.3 Å². The number of rotatable bonds is 7. The average Bonchev–Trinajstić information content (AvgIpc) is 2.93. The fraction of sp³-hybridized carbons (Fsp3) is 0.438. The van der Waals surface area contributed by atoms with Gasteiger partial charge >= 0.3 is 0 Å². The molecule has 118 valence electrons. The molecule has 0 saturated heterocycles. The third kappa shape index (κ3) is 4.80. The third-order valence-electron chi connectivity index (χ3n) is 3.16. The summed E-state index contributed by atoms with van der Waals surface area (Å²) in [5.41, 5.74) is 2.11.